The van der Waals surface area contributed by atoms with Crippen LogP contribution in [0.4, 0.5) is 0 Å². The fourth-order valence-corrected chi connectivity index (χ4v) is 3.78. The number of rotatable bonds is 7. The van der Waals surface area contributed by atoms with Crippen LogP contribution in [0.3, 0.4) is 0 Å². The fraction of sp³-hybridized carbons (Fsp3) is 0.455. The number of ether oxygens (including phenoxy) is 1. The number of likely N-dealkylation sites (tertiary alicyclic amines) is 1. The second-order valence-corrected chi connectivity index (χ2v) is 8.12. The lowest BCUT2D eigenvalue weighted by Gasteiger charge is -2.35. The fourth-order valence-electron chi connectivity index (χ4n) is 3.78. The number of nitrogens with zero attached hydrogens (tertiary/aromatic N) is 2. The van der Waals surface area contributed by atoms with Gasteiger partial charge in [0.1, 0.15) is 17.5 Å². The minimum Gasteiger partial charge on any atom is -0.497 e. The molecule has 9 nitrogen and oxygen atoms in total. The summed E-state index contributed by atoms with van der Waals surface area (Å²) in [5.74, 6) is -0.399. The van der Waals surface area contributed by atoms with Crippen molar-refractivity contribution in [3.05, 3.63) is 47.3 Å². The first-order chi connectivity index (χ1) is 14.8. The molecule has 1 fully saturated rings. The standard InChI is InChI=1S/C22H29N5O4/c1-13(2)19(24-21(29)14-6-8-16(31-3)9-7-14)22(30)27-10-4-5-15(12-27)17-11-18(20(23)28)26-25-17/h6-9,11,13,15,19H,4-5,10,12H2,1-3H3,(H2,23,28)(H,24,29)(H,25,26). The van der Waals surface area contributed by atoms with Gasteiger partial charge in [-0.25, -0.2) is 0 Å². The first-order valence-electron chi connectivity index (χ1n) is 10.4. The van der Waals surface area contributed by atoms with E-state index >= 15 is 0 Å². The number of nitrogens with two attached hydrogens (primary N) is 1. The Kier molecular flexibility index (Phi) is 6.94. The van der Waals surface area contributed by atoms with E-state index in [4.69, 9.17) is 10.5 Å². The van der Waals surface area contributed by atoms with Crippen molar-refractivity contribution in [3.8, 4) is 5.75 Å². The average Bonchev–Trinajstić information content (AvgIpc) is 3.27. The molecule has 3 rings (SSSR count). The van der Waals surface area contributed by atoms with Crippen molar-refractivity contribution in [1.29, 1.82) is 0 Å². The lowest BCUT2D eigenvalue weighted by Crippen LogP contribution is -2.53. The lowest BCUT2D eigenvalue weighted by atomic mass is 9.93. The van der Waals surface area contributed by atoms with Gasteiger partial charge in [0.05, 0.1) is 7.11 Å². The molecule has 0 aliphatic carbocycles. The molecule has 3 amide bonds. The van der Waals surface area contributed by atoms with Crippen molar-refractivity contribution in [3.63, 3.8) is 0 Å². The van der Waals surface area contributed by atoms with Gasteiger partial charge in [-0.2, -0.15) is 5.10 Å². The van der Waals surface area contributed by atoms with Gasteiger partial charge in [0, 0.05) is 30.3 Å². The second kappa shape index (κ2) is 9.63. The lowest BCUT2D eigenvalue weighted by molar-refractivity contribution is -0.135. The number of nitrogens with one attached hydrogen (secondary N) is 2. The molecule has 1 saturated heterocycles. The van der Waals surface area contributed by atoms with E-state index in [1.807, 2.05) is 13.8 Å². The van der Waals surface area contributed by atoms with Crippen LogP contribution >= 0.6 is 0 Å². The number of carbonyl (C=O) groups is 3. The maximum atomic E-state index is 13.3. The summed E-state index contributed by atoms with van der Waals surface area (Å²) >= 11 is 0. The van der Waals surface area contributed by atoms with E-state index < -0.39 is 11.9 Å². The summed E-state index contributed by atoms with van der Waals surface area (Å²) in [6.07, 6.45) is 1.69. The molecule has 4 N–H and O–H groups in total. The number of aromatic amines is 1. The Labute approximate surface area is 181 Å². The Morgan fingerprint density at radius 1 is 1.26 bits per heavy atom. The minimum atomic E-state index is -0.642. The topological polar surface area (TPSA) is 130 Å². The number of carbonyl (C=O) groups excluding carboxylic acids is 3. The minimum absolute atomic E-state index is 0.0309. The Hall–Kier alpha value is -3.36. The van der Waals surface area contributed by atoms with Crippen LogP contribution in [0.5, 0.6) is 5.75 Å². The maximum absolute atomic E-state index is 13.3. The molecule has 1 aromatic carbocycles. The third kappa shape index (κ3) is 5.22. The predicted molar refractivity (Wildman–Crippen MR) is 115 cm³/mol. The molecule has 2 aromatic rings. The van der Waals surface area contributed by atoms with Gasteiger partial charge in [0.2, 0.25) is 5.91 Å². The van der Waals surface area contributed by atoms with Gasteiger partial charge in [0.25, 0.3) is 11.8 Å². The Morgan fingerprint density at radius 2 is 1.97 bits per heavy atom. The SMILES string of the molecule is COc1ccc(C(=O)NC(C(=O)N2CCCC(c3cc(C(N)=O)n[nH]3)C2)C(C)C)cc1. The van der Waals surface area contributed by atoms with Crippen molar-refractivity contribution >= 4 is 17.7 Å². The molecule has 2 unspecified atom stereocenters. The van der Waals surface area contributed by atoms with Gasteiger partial charge < -0.3 is 20.7 Å². The number of primary amides is 1. The largest absolute Gasteiger partial charge is 0.497 e. The quantitative estimate of drug-likeness (QED) is 0.619. The van der Waals surface area contributed by atoms with E-state index in [-0.39, 0.29) is 29.3 Å². The van der Waals surface area contributed by atoms with Crippen molar-refractivity contribution in [1.82, 2.24) is 20.4 Å². The molecule has 1 aliphatic rings. The summed E-state index contributed by atoms with van der Waals surface area (Å²) in [6.45, 7) is 4.92. The van der Waals surface area contributed by atoms with E-state index in [0.29, 0.717) is 24.4 Å². The summed E-state index contributed by atoms with van der Waals surface area (Å²) < 4.78 is 5.12. The van der Waals surface area contributed by atoms with Gasteiger partial charge in [-0.3, -0.25) is 19.5 Å². The number of H-pyrrole nitrogens is 1. The molecule has 9 heteroatoms. The molecule has 2 heterocycles. The third-order valence-electron chi connectivity index (χ3n) is 5.59. The smallest absolute Gasteiger partial charge is 0.269 e. The summed E-state index contributed by atoms with van der Waals surface area (Å²) in [6, 6.07) is 7.76. The van der Waals surface area contributed by atoms with Gasteiger partial charge in [0.15, 0.2) is 0 Å². The highest BCUT2D eigenvalue weighted by Crippen LogP contribution is 2.27. The summed E-state index contributed by atoms with van der Waals surface area (Å²) in [5.41, 5.74) is 6.72. The molecular formula is C22H29N5O4. The first-order valence-corrected chi connectivity index (χ1v) is 10.4. The molecule has 31 heavy (non-hydrogen) atoms. The third-order valence-corrected chi connectivity index (χ3v) is 5.59. The highest BCUT2D eigenvalue weighted by atomic mass is 16.5. The van der Waals surface area contributed by atoms with Crippen molar-refractivity contribution < 1.29 is 19.1 Å². The number of piperidine rings is 1. The van der Waals surface area contributed by atoms with Crippen LogP contribution in [0.25, 0.3) is 0 Å². The average molecular weight is 428 g/mol. The van der Waals surface area contributed by atoms with Crippen LogP contribution in [-0.4, -0.2) is 59.1 Å². The number of amides is 3. The Morgan fingerprint density at radius 3 is 2.55 bits per heavy atom. The molecule has 1 aromatic heterocycles. The number of aromatic nitrogens is 2. The van der Waals surface area contributed by atoms with Gasteiger partial charge in [-0.1, -0.05) is 13.8 Å². The van der Waals surface area contributed by atoms with Crippen molar-refractivity contribution in [2.24, 2.45) is 11.7 Å². The van der Waals surface area contributed by atoms with Crippen molar-refractivity contribution in [2.75, 3.05) is 20.2 Å². The predicted octanol–water partition coefficient (Wildman–Crippen LogP) is 1.68. The Bertz CT molecular complexity index is 938. The van der Waals surface area contributed by atoms with Crippen molar-refractivity contribution in [2.45, 2.75) is 38.6 Å². The summed E-state index contributed by atoms with van der Waals surface area (Å²) in [5, 5.41) is 9.69. The Balaban J connectivity index is 1.69. The van der Waals surface area contributed by atoms with E-state index in [9.17, 15) is 14.4 Å². The number of benzene rings is 1. The van der Waals surface area contributed by atoms with E-state index in [1.54, 1.807) is 42.3 Å². The molecule has 2 atom stereocenters. The zero-order valence-electron chi connectivity index (χ0n) is 18.1. The van der Waals surface area contributed by atoms with Crippen LogP contribution < -0.4 is 15.8 Å². The van der Waals surface area contributed by atoms with E-state index in [2.05, 4.69) is 15.5 Å². The number of hydrogen-bond acceptors (Lipinski definition) is 5. The molecule has 166 valence electrons. The van der Waals surface area contributed by atoms with E-state index in [1.165, 1.54) is 0 Å². The molecular weight excluding hydrogens is 398 g/mol. The highest BCUT2D eigenvalue weighted by molar-refractivity contribution is 5.97. The monoisotopic (exact) mass is 427 g/mol. The molecule has 1 aliphatic heterocycles. The second-order valence-electron chi connectivity index (χ2n) is 8.12. The van der Waals surface area contributed by atoms with Gasteiger partial charge in [-0.05, 0) is 49.1 Å². The van der Waals surface area contributed by atoms with Crippen LogP contribution in [0.2, 0.25) is 0 Å². The summed E-state index contributed by atoms with van der Waals surface area (Å²) in [4.78, 5) is 39.1. The zero-order valence-corrected chi connectivity index (χ0v) is 18.1. The number of hydrogen-bond donors (Lipinski definition) is 3. The molecule has 0 bridgehead atoms. The van der Waals surface area contributed by atoms with Gasteiger partial charge >= 0.3 is 0 Å². The van der Waals surface area contributed by atoms with Crippen LogP contribution in [0.1, 0.15) is 59.1 Å². The van der Waals surface area contributed by atoms with E-state index in [0.717, 1.165) is 18.5 Å². The zero-order chi connectivity index (χ0) is 22.5. The van der Waals surface area contributed by atoms with Crippen LogP contribution in [0, 0.1) is 5.92 Å². The van der Waals surface area contributed by atoms with Crippen LogP contribution in [-0.2, 0) is 4.79 Å². The highest BCUT2D eigenvalue weighted by Gasteiger charge is 2.33. The first kappa shape index (κ1) is 22.3. The molecule has 0 radical (unpaired) electrons. The molecule has 0 saturated carbocycles. The maximum Gasteiger partial charge on any atom is 0.269 e. The summed E-state index contributed by atoms with van der Waals surface area (Å²) in [7, 11) is 1.56. The molecule has 0 spiro atoms. The van der Waals surface area contributed by atoms with Gasteiger partial charge in [-0.15, -0.1) is 0 Å². The normalized spacial score (nSPS) is 17.3. The number of methoxy groups -OCH3 is 1. The van der Waals surface area contributed by atoms with Crippen LogP contribution in [0.15, 0.2) is 30.3 Å².